The number of aromatic hydroxyl groups is 1. The number of aliphatic hydroxyl groups excluding tert-OH is 2. The molecule has 2 heterocycles. The summed E-state index contributed by atoms with van der Waals surface area (Å²) < 4.78 is 1.39. The lowest BCUT2D eigenvalue weighted by Crippen LogP contribution is -2.34. The highest BCUT2D eigenvalue weighted by Gasteiger charge is 2.28. The number of thiazole rings is 1. The summed E-state index contributed by atoms with van der Waals surface area (Å²) in [5, 5.41) is 33.3. The van der Waals surface area contributed by atoms with Crippen LogP contribution in [0.5, 0.6) is 5.88 Å². The minimum absolute atomic E-state index is 0.0368. The first kappa shape index (κ1) is 15.9. The van der Waals surface area contributed by atoms with Gasteiger partial charge < -0.3 is 15.3 Å². The smallest absolute Gasteiger partial charge is 0.230 e. The zero-order valence-corrected chi connectivity index (χ0v) is 13.2. The number of hydrogen-bond acceptors (Lipinski definition) is 7. The fourth-order valence-electron chi connectivity index (χ4n) is 2.66. The molecule has 2 aromatic heterocycles. The second-order valence-electron chi connectivity index (χ2n) is 5.04. The highest BCUT2D eigenvalue weighted by molar-refractivity contribution is 7.17. The fraction of sp³-hybridized carbons (Fsp3) is 0.333. The van der Waals surface area contributed by atoms with E-state index < -0.39 is 0 Å². The van der Waals surface area contributed by atoms with Gasteiger partial charge in [-0.25, -0.2) is 4.98 Å². The number of nitrogens with zero attached hydrogens (tertiary/aromatic N) is 4. The predicted molar refractivity (Wildman–Crippen MR) is 86.6 cm³/mol. The Balaban J connectivity index is 2.10. The molecule has 1 unspecified atom stereocenters. The van der Waals surface area contributed by atoms with Crippen LogP contribution in [0.15, 0.2) is 36.7 Å². The first-order chi connectivity index (χ1) is 11.3. The van der Waals surface area contributed by atoms with Crippen LogP contribution in [0.2, 0.25) is 0 Å². The second-order valence-corrected chi connectivity index (χ2v) is 6.05. The van der Waals surface area contributed by atoms with Gasteiger partial charge in [-0.2, -0.15) is 9.61 Å². The molecule has 122 valence electrons. The molecule has 1 atom stereocenters. The van der Waals surface area contributed by atoms with Crippen LogP contribution in [0.25, 0.3) is 4.96 Å². The Morgan fingerprint density at radius 3 is 2.43 bits per heavy atom. The molecule has 0 aliphatic heterocycles. The topological polar surface area (TPSA) is 94.1 Å². The Morgan fingerprint density at radius 1 is 1.13 bits per heavy atom. The van der Waals surface area contributed by atoms with Gasteiger partial charge in [0.25, 0.3) is 0 Å². The number of aliphatic hydroxyl groups is 2. The molecule has 0 amide bonds. The van der Waals surface area contributed by atoms with Gasteiger partial charge in [-0.05, 0) is 5.56 Å². The molecule has 0 fully saturated rings. The summed E-state index contributed by atoms with van der Waals surface area (Å²) in [6, 6.07) is 9.40. The van der Waals surface area contributed by atoms with E-state index in [-0.39, 0.29) is 25.1 Å². The molecule has 0 bridgehead atoms. The van der Waals surface area contributed by atoms with Gasteiger partial charge in [0, 0.05) is 13.1 Å². The highest BCUT2D eigenvalue weighted by atomic mass is 32.1. The minimum Gasteiger partial charge on any atom is -0.492 e. The molecular weight excluding hydrogens is 316 g/mol. The van der Waals surface area contributed by atoms with Crippen LogP contribution >= 0.6 is 11.3 Å². The Labute approximate surface area is 137 Å². The number of rotatable bonds is 7. The second kappa shape index (κ2) is 7.05. The molecule has 0 aliphatic carbocycles. The summed E-state index contributed by atoms with van der Waals surface area (Å²) in [5.74, 6) is 0.0391. The van der Waals surface area contributed by atoms with Crippen molar-refractivity contribution in [2.24, 2.45) is 0 Å². The van der Waals surface area contributed by atoms with Crippen molar-refractivity contribution >= 4 is 16.3 Å². The third-order valence-corrected chi connectivity index (χ3v) is 4.73. The van der Waals surface area contributed by atoms with Gasteiger partial charge in [0.1, 0.15) is 6.33 Å². The maximum atomic E-state index is 10.5. The Hall–Kier alpha value is -2.00. The first-order valence-corrected chi connectivity index (χ1v) is 8.10. The van der Waals surface area contributed by atoms with Gasteiger partial charge in [-0.3, -0.25) is 4.90 Å². The molecule has 0 saturated carbocycles. The van der Waals surface area contributed by atoms with Crippen molar-refractivity contribution in [1.82, 2.24) is 19.5 Å². The SMILES string of the molecule is OCCN(CCO)C(c1ccccc1)c1sc2ncnn2c1O. The summed E-state index contributed by atoms with van der Waals surface area (Å²) in [6.45, 7) is 0.691. The quantitative estimate of drug-likeness (QED) is 0.594. The monoisotopic (exact) mass is 334 g/mol. The minimum atomic E-state index is -0.288. The maximum Gasteiger partial charge on any atom is 0.230 e. The normalized spacial score (nSPS) is 13.0. The Bertz CT molecular complexity index is 753. The molecule has 3 aromatic rings. The molecule has 1 aromatic carbocycles. The Kier molecular flexibility index (Phi) is 4.87. The average Bonchev–Trinajstić information content (AvgIpc) is 3.13. The number of aromatic nitrogens is 3. The van der Waals surface area contributed by atoms with E-state index in [4.69, 9.17) is 0 Å². The summed E-state index contributed by atoms with van der Waals surface area (Å²) in [7, 11) is 0. The largest absolute Gasteiger partial charge is 0.492 e. The van der Waals surface area contributed by atoms with Crippen molar-refractivity contribution in [2.75, 3.05) is 26.3 Å². The van der Waals surface area contributed by atoms with Crippen LogP contribution in [0.4, 0.5) is 0 Å². The van der Waals surface area contributed by atoms with Crippen LogP contribution in [0, 0.1) is 0 Å². The molecule has 0 spiro atoms. The van der Waals surface area contributed by atoms with Crippen molar-refractivity contribution in [3.63, 3.8) is 0 Å². The summed E-state index contributed by atoms with van der Waals surface area (Å²) in [6.07, 6.45) is 1.39. The van der Waals surface area contributed by atoms with E-state index in [1.54, 1.807) is 0 Å². The molecule has 23 heavy (non-hydrogen) atoms. The van der Waals surface area contributed by atoms with Gasteiger partial charge in [-0.15, -0.1) is 0 Å². The number of fused-ring (bicyclic) bond motifs is 1. The Morgan fingerprint density at radius 2 is 1.83 bits per heavy atom. The first-order valence-electron chi connectivity index (χ1n) is 7.28. The van der Waals surface area contributed by atoms with Crippen LogP contribution < -0.4 is 0 Å². The van der Waals surface area contributed by atoms with E-state index in [2.05, 4.69) is 10.1 Å². The van der Waals surface area contributed by atoms with E-state index in [1.165, 1.54) is 22.2 Å². The molecule has 0 aliphatic rings. The van der Waals surface area contributed by atoms with Crippen LogP contribution in [-0.2, 0) is 0 Å². The molecule has 0 radical (unpaired) electrons. The van der Waals surface area contributed by atoms with Crippen LogP contribution in [-0.4, -0.2) is 61.1 Å². The zero-order valence-electron chi connectivity index (χ0n) is 12.4. The molecule has 3 rings (SSSR count). The lowest BCUT2D eigenvalue weighted by atomic mass is 10.0. The van der Waals surface area contributed by atoms with Gasteiger partial charge in [0.15, 0.2) is 0 Å². The predicted octanol–water partition coefficient (Wildman–Crippen LogP) is 0.872. The van der Waals surface area contributed by atoms with E-state index >= 15 is 0 Å². The molecule has 8 heteroatoms. The molecule has 0 saturated heterocycles. The zero-order chi connectivity index (χ0) is 16.2. The van der Waals surface area contributed by atoms with E-state index in [0.717, 1.165) is 5.56 Å². The lowest BCUT2D eigenvalue weighted by Gasteiger charge is -2.30. The van der Waals surface area contributed by atoms with E-state index in [9.17, 15) is 15.3 Å². The lowest BCUT2D eigenvalue weighted by molar-refractivity contribution is 0.136. The summed E-state index contributed by atoms with van der Waals surface area (Å²) in [4.78, 5) is 7.34. The van der Waals surface area contributed by atoms with Crippen molar-refractivity contribution < 1.29 is 15.3 Å². The third-order valence-electron chi connectivity index (χ3n) is 3.64. The standard InChI is InChI=1S/C15H18N4O3S/c20-8-6-18(7-9-21)12(11-4-2-1-3-5-11)13-14(22)19-15(23-13)16-10-17-19/h1-5,10,12,20-22H,6-9H2. The van der Waals surface area contributed by atoms with E-state index in [0.29, 0.717) is 22.9 Å². The third kappa shape index (κ3) is 3.06. The number of benzene rings is 1. The summed E-state index contributed by atoms with van der Waals surface area (Å²) in [5.41, 5.74) is 0.967. The molecule has 7 nitrogen and oxygen atoms in total. The van der Waals surface area contributed by atoms with Gasteiger partial charge in [0.2, 0.25) is 10.8 Å². The molecule has 3 N–H and O–H groups in total. The van der Waals surface area contributed by atoms with Gasteiger partial charge in [-0.1, -0.05) is 41.7 Å². The molecular formula is C15H18N4O3S. The van der Waals surface area contributed by atoms with Crippen LogP contribution in [0.3, 0.4) is 0 Å². The van der Waals surface area contributed by atoms with Crippen molar-refractivity contribution in [1.29, 1.82) is 0 Å². The average molecular weight is 334 g/mol. The van der Waals surface area contributed by atoms with Gasteiger partial charge in [0.05, 0.1) is 24.1 Å². The van der Waals surface area contributed by atoms with Crippen molar-refractivity contribution in [3.05, 3.63) is 47.1 Å². The highest BCUT2D eigenvalue weighted by Crippen LogP contribution is 2.39. The maximum absolute atomic E-state index is 10.5. The van der Waals surface area contributed by atoms with Gasteiger partial charge >= 0.3 is 0 Å². The van der Waals surface area contributed by atoms with Crippen molar-refractivity contribution in [3.8, 4) is 5.88 Å². The van der Waals surface area contributed by atoms with Crippen molar-refractivity contribution in [2.45, 2.75) is 6.04 Å². The number of hydrogen-bond donors (Lipinski definition) is 3. The fourth-order valence-corrected chi connectivity index (χ4v) is 3.75. The van der Waals surface area contributed by atoms with Crippen LogP contribution in [0.1, 0.15) is 16.5 Å². The van der Waals surface area contributed by atoms with E-state index in [1.807, 2.05) is 35.2 Å². The summed E-state index contributed by atoms with van der Waals surface area (Å²) >= 11 is 1.35.